The van der Waals surface area contributed by atoms with E-state index in [2.05, 4.69) is 20.9 Å². The van der Waals surface area contributed by atoms with Gasteiger partial charge in [-0.05, 0) is 36.0 Å². The summed E-state index contributed by atoms with van der Waals surface area (Å²) in [6.45, 7) is 3.73. The molecule has 0 bridgehead atoms. The molecule has 0 radical (unpaired) electrons. The summed E-state index contributed by atoms with van der Waals surface area (Å²) in [6.07, 6.45) is 3.63. The van der Waals surface area contributed by atoms with Gasteiger partial charge in [0, 0.05) is 23.5 Å². The van der Waals surface area contributed by atoms with Crippen LogP contribution in [-0.4, -0.2) is 81.0 Å². The lowest BCUT2D eigenvalue weighted by Crippen LogP contribution is -2.58. The number of carboxylic acids is 2. The number of carboxylic acid groups (broad SMARTS) is 2. The number of carbonyl (C=O) groups is 5. The molecule has 1 aromatic heterocycles. The first-order valence-corrected chi connectivity index (χ1v) is 14.0. The molecule has 0 saturated heterocycles. The minimum absolute atomic E-state index is 0.0996. The summed E-state index contributed by atoms with van der Waals surface area (Å²) in [7, 11) is 0. The number of para-hydroxylation sites is 1. The molecule has 2 rings (SSSR count). The van der Waals surface area contributed by atoms with Gasteiger partial charge in [0.05, 0.1) is 12.5 Å². The Balaban J connectivity index is 2.30. The zero-order valence-corrected chi connectivity index (χ0v) is 23.0. The molecule has 8 N–H and O–H groups in total. The van der Waals surface area contributed by atoms with Crippen LogP contribution in [0.1, 0.15) is 38.7 Å². The highest BCUT2D eigenvalue weighted by molar-refractivity contribution is 7.98. The molecule has 0 aliphatic heterocycles. The van der Waals surface area contributed by atoms with Crippen LogP contribution < -0.4 is 21.7 Å². The minimum atomic E-state index is -1.67. The van der Waals surface area contributed by atoms with Gasteiger partial charge in [-0.2, -0.15) is 11.8 Å². The number of aliphatic carboxylic acids is 2. The summed E-state index contributed by atoms with van der Waals surface area (Å²) in [4.78, 5) is 65.0. The summed E-state index contributed by atoms with van der Waals surface area (Å²) in [5.74, 6) is -4.59. The number of hydrogen-bond donors (Lipinski definition) is 7. The molecule has 0 fully saturated rings. The molecule has 1 aromatic carbocycles. The number of thioether (sulfide) groups is 1. The Kier molecular flexibility index (Phi) is 12.3. The molecule has 0 aliphatic carbocycles. The lowest BCUT2D eigenvalue weighted by atomic mass is 9.98. The third-order valence-electron chi connectivity index (χ3n) is 6.53. The van der Waals surface area contributed by atoms with Crippen LogP contribution in [0.4, 0.5) is 0 Å². The Morgan fingerprint density at radius 2 is 1.59 bits per heavy atom. The number of nitrogens with one attached hydrogen (secondary N) is 4. The highest BCUT2D eigenvalue weighted by atomic mass is 32.2. The second kappa shape index (κ2) is 15.1. The van der Waals surface area contributed by atoms with Crippen LogP contribution >= 0.6 is 11.8 Å². The van der Waals surface area contributed by atoms with Gasteiger partial charge in [-0.3, -0.25) is 19.2 Å². The topological polar surface area (TPSA) is 204 Å². The molecule has 39 heavy (non-hydrogen) atoms. The summed E-state index contributed by atoms with van der Waals surface area (Å²) >= 11 is 1.41. The number of aromatic amines is 1. The van der Waals surface area contributed by atoms with E-state index in [0.717, 1.165) is 16.5 Å². The molecule has 5 atom stereocenters. The van der Waals surface area contributed by atoms with E-state index in [9.17, 15) is 29.1 Å². The first-order chi connectivity index (χ1) is 18.5. The van der Waals surface area contributed by atoms with E-state index >= 15 is 0 Å². The average Bonchev–Trinajstić information content (AvgIpc) is 3.31. The number of fused-ring (bicyclic) bond motifs is 1. The fourth-order valence-corrected chi connectivity index (χ4v) is 4.41. The fraction of sp³-hybridized carbons (Fsp3) is 0.500. The second-order valence-electron chi connectivity index (χ2n) is 9.38. The van der Waals surface area contributed by atoms with E-state index in [1.807, 2.05) is 38.1 Å². The number of rotatable bonds is 16. The van der Waals surface area contributed by atoms with E-state index in [0.29, 0.717) is 12.2 Å². The van der Waals surface area contributed by atoms with Crippen LogP contribution in [0, 0.1) is 5.92 Å². The number of H-pyrrole nitrogens is 1. The maximum Gasteiger partial charge on any atom is 0.326 e. The molecule has 0 aliphatic rings. The highest BCUT2D eigenvalue weighted by Gasteiger charge is 2.32. The zero-order valence-electron chi connectivity index (χ0n) is 22.2. The van der Waals surface area contributed by atoms with E-state index in [1.54, 1.807) is 12.5 Å². The highest BCUT2D eigenvalue weighted by Crippen LogP contribution is 2.19. The molecule has 0 saturated carbocycles. The smallest absolute Gasteiger partial charge is 0.326 e. The number of carbonyl (C=O) groups excluding carboxylic acids is 3. The third-order valence-corrected chi connectivity index (χ3v) is 7.17. The molecule has 2 aromatic rings. The van der Waals surface area contributed by atoms with Crippen molar-refractivity contribution in [2.45, 2.75) is 63.7 Å². The van der Waals surface area contributed by atoms with Crippen molar-refractivity contribution < 1.29 is 34.2 Å². The lowest BCUT2D eigenvalue weighted by molar-refractivity contribution is -0.147. The summed E-state index contributed by atoms with van der Waals surface area (Å²) in [5, 5.41) is 26.7. The molecule has 12 nitrogen and oxygen atoms in total. The summed E-state index contributed by atoms with van der Waals surface area (Å²) < 4.78 is 0. The van der Waals surface area contributed by atoms with Crippen LogP contribution in [0.25, 0.3) is 10.9 Å². The maximum absolute atomic E-state index is 13.5. The van der Waals surface area contributed by atoms with Gasteiger partial charge >= 0.3 is 11.9 Å². The van der Waals surface area contributed by atoms with E-state index in [-0.39, 0.29) is 18.8 Å². The van der Waals surface area contributed by atoms with Crippen LogP contribution in [0.15, 0.2) is 30.5 Å². The van der Waals surface area contributed by atoms with Gasteiger partial charge in [-0.25, -0.2) is 4.79 Å². The molecular weight excluding hydrogens is 526 g/mol. The van der Waals surface area contributed by atoms with Crippen LogP contribution in [-0.2, 0) is 30.4 Å². The first kappa shape index (κ1) is 31.6. The second-order valence-corrected chi connectivity index (χ2v) is 10.4. The quantitative estimate of drug-likeness (QED) is 0.154. The monoisotopic (exact) mass is 563 g/mol. The van der Waals surface area contributed by atoms with Crippen molar-refractivity contribution in [3.63, 3.8) is 0 Å². The average molecular weight is 564 g/mol. The Morgan fingerprint density at radius 1 is 0.974 bits per heavy atom. The largest absolute Gasteiger partial charge is 0.481 e. The van der Waals surface area contributed by atoms with Crippen molar-refractivity contribution in [1.82, 2.24) is 20.9 Å². The van der Waals surface area contributed by atoms with Crippen molar-refractivity contribution >= 4 is 52.3 Å². The van der Waals surface area contributed by atoms with Gasteiger partial charge in [0.15, 0.2) is 0 Å². The third kappa shape index (κ3) is 9.29. The molecule has 214 valence electrons. The number of amides is 3. The Labute approximate surface area is 230 Å². The maximum atomic E-state index is 13.5. The van der Waals surface area contributed by atoms with Crippen LogP contribution in [0.2, 0.25) is 0 Å². The molecule has 0 spiro atoms. The minimum Gasteiger partial charge on any atom is -0.481 e. The van der Waals surface area contributed by atoms with Gasteiger partial charge in [0.2, 0.25) is 17.7 Å². The zero-order chi connectivity index (χ0) is 29.1. The standard InChI is InChI=1S/C26H37N5O7S/c1-4-14(2)22(27)25(36)30-19(11-15-13-28-17-8-6-5-7-16(15)17)24(35)29-18(9-10-39-3)23(34)31-20(26(37)38)12-21(32)33/h5-8,13-14,18-20,22,28H,4,9-12,27H2,1-3H3,(H,29,35)(H,30,36)(H,31,34)(H,32,33)(H,37,38). The molecular formula is C26H37N5O7S. The summed E-state index contributed by atoms with van der Waals surface area (Å²) in [5.41, 5.74) is 7.72. The van der Waals surface area contributed by atoms with E-state index in [1.165, 1.54) is 11.8 Å². The number of hydrogen-bond acceptors (Lipinski definition) is 7. The van der Waals surface area contributed by atoms with Gasteiger partial charge in [0.25, 0.3) is 0 Å². The Morgan fingerprint density at radius 3 is 2.21 bits per heavy atom. The van der Waals surface area contributed by atoms with Crippen LogP contribution in [0.3, 0.4) is 0 Å². The van der Waals surface area contributed by atoms with Crippen molar-refractivity contribution in [3.05, 3.63) is 36.0 Å². The lowest BCUT2D eigenvalue weighted by Gasteiger charge is -2.26. The van der Waals surface area contributed by atoms with Gasteiger partial charge in [0.1, 0.15) is 18.1 Å². The molecule has 1 heterocycles. The number of benzene rings is 1. The van der Waals surface area contributed by atoms with Crippen molar-refractivity contribution in [3.8, 4) is 0 Å². The van der Waals surface area contributed by atoms with E-state index < -0.39 is 60.2 Å². The van der Waals surface area contributed by atoms with E-state index in [4.69, 9.17) is 10.8 Å². The predicted molar refractivity (Wildman–Crippen MR) is 148 cm³/mol. The van der Waals surface area contributed by atoms with Gasteiger partial charge in [-0.15, -0.1) is 0 Å². The van der Waals surface area contributed by atoms with Crippen molar-refractivity contribution in [1.29, 1.82) is 0 Å². The molecule has 5 unspecified atom stereocenters. The van der Waals surface area contributed by atoms with Gasteiger partial charge < -0.3 is 36.9 Å². The van der Waals surface area contributed by atoms with Crippen molar-refractivity contribution in [2.75, 3.05) is 12.0 Å². The summed E-state index contributed by atoms with van der Waals surface area (Å²) in [6, 6.07) is 2.71. The first-order valence-electron chi connectivity index (χ1n) is 12.6. The predicted octanol–water partition coefficient (Wildman–Crippen LogP) is 0.851. The van der Waals surface area contributed by atoms with Crippen LogP contribution in [0.5, 0.6) is 0 Å². The van der Waals surface area contributed by atoms with Gasteiger partial charge in [-0.1, -0.05) is 38.5 Å². The SMILES string of the molecule is CCC(C)C(N)C(=O)NC(Cc1c[nH]c2ccccc12)C(=O)NC(CCSC)C(=O)NC(CC(=O)O)C(=O)O. The van der Waals surface area contributed by atoms with Crippen molar-refractivity contribution in [2.24, 2.45) is 11.7 Å². The number of nitrogens with two attached hydrogens (primary N) is 1. The Hall–Kier alpha value is -3.58. The molecule has 3 amide bonds. The molecule has 13 heteroatoms. The Bertz CT molecular complexity index is 1170. The normalized spacial score (nSPS) is 15.0. The fourth-order valence-electron chi connectivity index (χ4n) is 3.93. The number of aromatic nitrogens is 1.